The number of hydrogen-bond donors (Lipinski definition) is 3. The van der Waals surface area contributed by atoms with Gasteiger partial charge in [-0.15, -0.1) is 24.0 Å². The highest BCUT2D eigenvalue weighted by Crippen LogP contribution is 2.14. The number of benzene rings is 1. The van der Waals surface area contributed by atoms with Crippen molar-refractivity contribution in [1.29, 1.82) is 0 Å². The van der Waals surface area contributed by atoms with Gasteiger partial charge in [0.2, 0.25) is 0 Å². The Labute approximate surface area is 196 Å². The van der Waals surface area contributed by atoms with Crippen LogP contribution in [0.2, 0.25) is 0 Å². The van der Waals surface area contributed by atoms with Crippen molar-refractivity contribution in [1.82, 2.24) is 25.5 Å². The molecule has 0 unspecified atom stereocenters. The molecule has 168 valence electrons. The molecule has 0 bridgehead atoms. The van der Waals surface area contributed by atoms with Crippen molar-refractivity contribution < 1.29 is 9.53 Å². The summed E-state index contributed by atoms with van der Waals surface area (Å²) < 4.78 is 7.51. The molecule has 0 aliphatic rings. The molecule has 0 spiro atoms. The summed E-state index contributed by atoms with van der Waals surface area (Å²) >= 11 is 0. The third kappa shape index (κ3) is 8.00. The number of rotatable bonds is 6. The molecule has 0 atom stereocenters. The fraction of sp³-hybridized carbons (Fsp3) is 0.571. The molecule has 1 aromatic heterocycles. The van der Waals surface area contributed by atoms with Crippen LogP contribution in [0.1, 0.15) is 40.4 Å². The lowest BCUT2D eigenvalue weighted by molar-refractivity contribution is 0.0474. The first-order valence-corrected chi connectivity index (χ1v) is 9.88. The van der Waals surface area contributed by atoms with Gasteiger partial charge in [0.1, 0.15) is 11.4 Å². The van der Waals surface area contributed by atoms with Crippen molar-refractivity contribution in [2.75, 3.05) is 20.1 Å². The zero-order chi connectivity index (χ0) is 21.7. The van der Waals surface area contributed by atoms with Gasteiger partial charge in [0.25, 0.3) is 0 Å². The number of hydrogen-bond acceptors (Lipinski definition) is 4. The van der Waals surface area contributed by atoms with E-state index in [-0.39, 0.29) is 24.0 Å². The number of carbonyl (C=O) groups excluding carboxylic acids is 1. The Morgan fingerprint density at radius 2 is 1.83 bits per heavy atom. The third-order valence-corrected chi connectivity index (χ3v) is 4.23. The number of fused-ring (bicyclic) bond motifs is 1. The van der Waals surface area contributed by atoms with E-state index in [1.54, 1.807) is 7.05 Å². The number of nitrogens with zero attached hydrogens (tertiary/aromatic N) is 3. The number of carbonyl (C=O) groups is 1. The smallest absolute Gasteiger partial charge is 0.408 e. The van der Waals surface area contributed by atoms with Gasteiger partial charge in [0.15, 0.2) is 5.96 Å². The van der Waals surface area contributed by atoms with Gasteiger partial charge >= 0.3 is 6.09 Å². The molecule has 1 aromatic carbocycles. The summed E-state index contributed by atoms with van der Waals surface area (Å²) in [6, 6.07) is 8.11. The normalized spacial score (nSPS) is 12.3. The number of ether oxygens (including phenoxy) is 1. The first-order chi connectivity index (χ1) is 13.5. The fourth-order valence-electron chi connectivity index (χ4n) is 2.91. The van der Waals surface area contributed by atoms with Gasteiger partial charge in [0, 0.05) is 26.7 Å². The van der Waals surface area contributed by atoms with Crippen LogP contribution >= 0.6 is 24.0 Å². The van der Waals surface area contributed by atoms with Crippen LogP contribution in [-0.4, -0.2) is 52.9 Å². The molecule has 1 amide bonds. The molecule has 0 fully saturated rings. The van der Waals surface area contributed by atoms with E-state index in [1.807, 2.05) is 59.7 Å². The number of alkyl carbamates (subject to hydrolysis) is 1. The van der Waals surface area contributed by atoms with Crippen molar-refractivity contribution >= 4 is 47.1 Å². The Morgan fingerprint density at radius 1 is 1.17 bits per heavy atom. The summed E-state index contributed by atoms with van der Waals surface area (Å²) in [6.45, 7) is 13.4. The van der Waals surface area contributed by atoms with Crippen molar-refractivity contribution in [2.24, 2.45) is 4.99 Å². The summed E-state index contributed by atoms with van der Waals surface area (Å²) in [6.07, 6.45) is -0.435. The molecule has 2 rings (SSSR count). The molecule has 0 radical (unpaired) electrons. The zero-order valence-corrected chi connectivity index (χ0v) is 21.3. The van der Waals surface area contributed by atoms with E-state index in [4.69, 9.17) is 4.74 Å². The Balaban J connectivity index is 0.00000450. The second-order valence-electron chi connectivity index (χ2n) is 8.66. The highest BCUT2D eigenvalue weighted by atomic mass is 127. The molecule has 3 N–H and O–H groups in total. The van der Waals surface area contributed by atoms with Gasteiger partial charge in [-0.05, 0) is 53.7 Å². The van der Waals surface area contributed by atoms with Crippen LogP contribution in [0.25, 0.3) is 11.0 Å². The number of nitrogens with one attached hydrogen (secondary N) is 3. The minimum absolute atomic E-state index is 0. The van der Waals surface area contributed by atoms with E-state index in [9.17, 15) is 4.79 Å². The van der Waals surface area contributed by atoms with Crippen LogP contribution in [0.3, 0.4) is 0 Å². The van der Waals surface area contributed by atoms with Crippen LogP contribution < -0.4 is 16.0 Å². The second kappa shape index (κ2) is 10.8. The molecule has 30 heavy (non-hydrogen) atoms. The summed E-state index contributed by atoms with van der Waals surface area (Å²) in [5.41, 5.74) is 1.10. The van der Waals surface area contributed by atoms with E-state index in [0.29, 0.717) is 19.0 Å². The van der Waals surface area contributed by atoms with E-state index < -0.39 is 17.2 Å². The summed E-state index contributed by atoms with van der Waals surface area (Å²) in [5, 5.41) is 9.44. The number of aromatic nitrogens is 2. The average molecular weight is 530 g/mol. The Kier molecular flexibility index (Phi) is 9.38. The lowest BCUT2D eigenvalue weighted by Crippen LogP contribution is -2.54. The first-order valence-electron chi connectivity index (χ1n) is 9.88. The Hall–Kier alpha value is -2.04. The van der Waals surface area contributed by atoms with Crippen LogP contribution in [-0.2, 0) is 11.3 Å². The molecule has 1 heterocycles. The van der Waals surface area contributed by atoms with Gasteiger partial charge in [0.05, 0.1) is 16.6 Å². The maximum atomic E-state index is 12.0. The predicted octanol–water partition coefficient (Wildman–Crippen LogP) is 3.43. The van der Waals surface area contributed by atoms with Gasteiger partial charge in [-0.3, -0.25) is 4.99 Å². The number of amides is 1. The van der Waals surface area contributed by atoms with Crippen LogP contribution in [0.5, 0.6) is 0 Å². The van der Waals surface area contributed by atoms with Crippen LogP contribution in [0, 0.1) is 6.92 Å². The van der Waals surface area contributed by atoms with Crippen molar-refractivity contribution in [3.63, 3.8) is 0 Å². The second-order valence-corrected chi connectivity index (χ2v) is 8.66. The molecular formula is C21H35IN6O2. The molecule has 0 aliphatic heterocycles. The number of aryl methyl sites for hydroxylation is 1. The predicted molar refractivity (Wildman–Crippen MR) is 133 cm³/mol. The number of guanidine groups is 1. The maximum absolute atomic E-state index is 12.0. The first kappa shape index (κ1) is 26.0. The Morgan fingerprint density at radius 3 is 2.47 bits per heavy atom. The number of halogens is 1. The SMILES string of the molecule is CN=C(NCCn1c(C)nc2ccccc21)NCC(C)(C)NC(=O)OC(C)(C)C.I. The van der Waals surface area contributed by atoms with E-state index in [1.165, 1.54) is 0 Å². The lowest BCUT2D eigenvalue weighted by atomic mass is 10.1. The third-order valence-electron chi connectivity index (χ3n) is 4.23. The van der Waals surface area contributed by atoms with Crippen molar-refractivity contribution in [3.05, 3.63) is 30.1 Å². The average Bonchev–Trinajstić information content (AvgIpc) is 2.91. The minimum atomic E-state index is -0.527. The van der Waals surface area contributed by atoms with Gasteiger partial charge in [-0.1, -0.05) is 12.1 Å². The number of imidazole rings is 1. The molecule has 0 saturated carbocycles. The standard InChI is InChI=1S/C21H34N6O2.HI/c1-15-25-16-10-8-9-11-17(16)27(15)13-12-23-18(22-7)24-14-21(5,6)26-19(28)29-20(2,3)4;/h8-11H,12-14H2,1-7H3,(H,26,28)(H2,22,23,24);1H. The highest BCUT2D eigenvalue weighted by molar-refractivity contribution is 14.0. The van der Waals surface area contributed by atoms with Crippen LogP contribution in [0.15, 0.2) is 29.3 Å². The molecule has 9 heteroatoms. The van der Waals surface area contributed by atoms with E-state index >= 15 is 0 Å². The summed E-state index contributed by atoms with van der Waals surface area (Å²) in [4.78, 5) is 20.9. The monoisotopic (exact) mass is 530 g/mol. The summed E-state index contributed by atoms with van der Waals surface area (Å²) in [7, 11) is 1.72. The van der Waals surface area contributed by atoms with Crippen molar-refractivity contribution in [2.45, 2.75) is 59.2 Å². The van der Waals surface area contributed by atoms with Gasteiger partial charge < -0.3 is 25.3 Å². The minimum Gasteiger partial charge on any atom is -0.444 e. The largest absolute Gasteiger partial charge is 0.444 e. The van der Waals surface area contributed by atoms with E-state index in [2.05, 4.69) is 36.6 Å². The van der Waals surface area contributed by atoms with Crippen LogP contribution in [0.4, 0.5) is 4.79 Å². The number of para-hydroxylation sites is 2. The Bertz CT molecular complexity index is 870. The maximum Gasteiger partial charge on any atom is 0.408 e. The molecule has 8 nitrogen and oxygen atoms in total. The zero-order valence-electron chi connectivity index (χ0n) is 19.0. The highest BCUT2D eigenvalue weighted by Gasteiger charge is 2.24. The van der Waals surface area contributed by atoms with Gasteiger partial charge in [-0.2, -0.15) is 0 Å². The molecule has 0 aliphatic carbocycles. The topological polar surface area (TPSA) is 92.6 Å². The molecule has 2 aromatic rings. The van der Waals surface area contributed by atoms with Crippen molar-refractivity contribution in [3.8, 4) is 0 Å². The van der Waals surface area contributed by atoms with E-state index in [0.717, 1.165) is 23.4 Å². The summed E-state index contributed by atoms with van der Waals surface area (Å²) in [5.74, 6) is 1.66. The molecule has 0 saturated heterocycles. The molecular weight excluding hydrogens is 495 g/mol. The fourth-order valence-corrected chi connectivity index (χ4v) is 2.91. The van der Waals surface area contributed by atoms with Gasteiger partial charge in [-0.25, -0.2) is 9.78 Å². The lowest BCUT2D eigenvalue weighted by Gasteiger charge is -2.29. The number of aliphatic imine (C=N–C) groups is 1. The quantitative estimate of drug-likeness (QED) is 0.303.